The number of rotatable bonds is 6. The van der Waals surface area contributed by atoms with Crippen molar-refractivity contribution in [1.82, 2.24) is 5.32 Å². The van der Waals surface area contributed by atoms with Gasteiger partial charge in [-0.05, 0) is 30.4 Å². The van der Waals surface area contributed by atoms with Gasteiger partial charge >= 0.3 is 0 Å². The molecule has 1 atom stereocenters. The lowest BCUT2D eigenvalue weighted by Gasteiger charge is -2.13. The van der Waals surface area contributed by atoms with Crippen molar-refractivity contribution in [3.05, 3.63) is 56.3 Å². The third kappa shape index (κ3) is 4.24. The largest absolute Gasteiger partial charge is 0.376 e. The van der Waals surface area contributed by atoms with Crippen LogP contribution in [0.25, 0.3) is 0 Å². The number of carbonyl (C=O) groups is 2. The lowest BCUT2D eigenvalue weighted by Crippen LogP contribution is -2.32. The standard InChI is InChI=1S/C17H17N3O5S/c21-16(18-10-12-3-1-7-25-12)13-6-5-11(20(23)24)9-14(13)19-17(22)15-4-2-8-26-15/h2,4-6,8-9,12H,1,3,7,10H2,(H,18,21)(H,19,22)/t12-/m1/s1. The molecule has 1 aromatic carbocycles. The van der Waals surface area contributed by atoms with Gasteiger partial charge in [-0.15, -0.1) is 11.3 Å². The Morgan fingerprint density at radius 2 is 2.15 bits per heavy atom. The van der Waals surface area contributed by atoms with E-state index in [-0.39, 0.29) is 23.0 Å². The summed E-state index contributed by atoms with van der Waals surface area (Å²) in [6, 6.07) is 7.12. The minimum atomic E-state index is -0.575. The first kappa shape index (κ1) is 18.0. The van der Waals surface area contributed by atoms with Crippen LogP contribution in [-0.4, -0.2) is 36.0 Å². The Labute approximate surface area is 153 Å². The van der Waals surface area contributed by atoms with E-state index in [2.05, 4.69) is 10.6 Å². The topological polar surface area (TPSA) is 111 Å². The summed E-state index contributed by atoms with van der Waals surface area (Å²) < 4.78 is 5.46. The van der Waals surface area contributed by atoms with Crippen molar-refractivity contribution >= 4 is 34.5 Å². The highest BCUT2D eigenvalue weighted by molar-refractivity contribution is 7.12. The maximum atomic E-state index is 12.5. The molecule has 8 nitrogen and oxygen atoms in total. The molecule has 1 aromatic heterocycles. The average Bonchev–Trinajstić information content (AvgIpc) is 3.33. The van der Waals surface area contributed by atoms with E-state index < -0.39 is 16.7 Å². The summed E-state index contributed by atoms with van der Waals surface area (Å²) in [5.74, 6) is -0.842. The minimum Gasteiger partial charge on any atom is -0.376 e. The van der Waals surface area contributed by atoms with Gasteiger partial charge < -0.3 is 15.4 Å². The molecule has 1 fully saturated rings. The maximum absolute atomic E-state index is 12.5. The smallest absolute Gasteiger partial charge is 0.271 e. The van der Waals surface area contributed by atoms with Gasteiger partial charge in [-0.25, -0.2) is 0 Å². The molecule has 0 aliphatic carbocycles. The van der Waals surface area contributed by atoms with Crippen LogP contribution in [-0.2, 0) is 4.74 Å². The molecule has 1 saturated heterocycles. The van der Waals surface area contributed by atoms with Crippen molar-refractivity contribution in [3.8, 4) is 0 Å². The van der Waals surface area contributed by atoms with Crippen LogP contribution < -0.4 is 10.6 Å². The van der Waals surface area contributed by atoms with E-state index in [0.717, 1.165) is 12.8 Å². The van der Waals surface area contributed by atoms with Gasteiger partial charge in [0.25, 0.3) is 17.5 Å². The van der Waals surface area contributed by atoms with Crippen molar-refractivity contribution in [2.24, 2.45) is 0 Å². The number of nitro groups is 1. The van der Waals surface area contributed by atoms with Crippen LogP contribution in [0.3, 0.4) is 0 Å². The SMILES string of the molecule is O=C(Nc1cc([N+](=O)[O-])ccc1C(=O)NC[C@H]1CCCO1)c1cccs1. The van der Waals surface area contributed by atoms with Gasteiger partial charge in [0.1, 0.15) is 0 Å². The zero-order valence-electron chi connectivity index (χ0n) is 13.8. The van der Waals surface area contributed by atoms with Crippen molar-refractivity contribution in [3.63, 3.8) is 0 Å². The number of ether oxygens (including phenoxy) is 1. The first-order valence-electron chi connectivity index (χ1n) is 8.07. The van der Waals surface area contributed by atoms with E-state index in [1.165, 1.54) is 29.5 Å². The molecule has 1 aliphatic heterocycles. The van der Waals surface area contributed by atoms with E-state index in [0.29, 0.717) is 18.0 Å². The lowest BCUT2D eigenvalue weighted by molar-refractivity contribution is -0.384. The van der Waals surface area contributed by atoms with Crippen LogP contribution in [0.1, 0.15) is 32.9 Å². The van der Waals surface area contributed by atoms with Crippen molar-refractivity contribution < 1.29 is 19.2 Å². The summed E-state index contributed by atoms with van der Waals surface area (Å²) >= 11 is 1.24. The maximum Gasteiger partial charge on any atom is 0.271 e. The van der Waals surface area contributed by atoms with Gasteiger partial charge in [0.2, 0.25) is 0 Å². The third-order valence-corrected chi connectivity index (χ3v) is 4.83. The van der Waals surface area contributed by atoms with Crippen molar-refractivity contribution in [2.75, 3.05) is 18.5 Å². The van der Waals surface area contributed by atoms with Gasteiger partial charge in [0, 0.05) is 25.3 Å². The van der Waals surface area contributed by atoms with Gasteiger partial charge in [0.15, 0.2) is 0 Å². The Balaban J connectivity index is 1.79. The first-order valence-corrected chi connectivity index (χ1v) is 8.95. The third-order valence-electron chi connectivity index (χ3n) is 3.97. The van der Waals surface area contributed by atoms with Crippen LogP contribution in [0.15, 0.2) is 35.7 Å². The zero-order valence-corrected chi connectivity index (χ0v) is 14.6. The molecular formula is C17H17N3O5S. The highest BCUT2D eigenvalue weighted by atomic mass is 32.1. The second-order valence-electron chi connectivity index (χ2n) is 5.76. The van der Waals surface area contributed by atoms with E-state index in [1.807, 2.05) is 0 Å². The summed E-state index contributed by atoms with van der Waals surface area (Å²) in [7, 11) is 0. The number of anilines is 1. The molecule has 0 radical (unpaired) electrons. The van der Waals surface area contributed by atoms with E-state index in [4.69, 9.17) is 4.74 Å². The molecule has 2 N–H and O–H groups in total. The highest BCUT2D eigenvalue weighted by Crippen LogP contribution is 2.24. The number of nitrogens with one attached hydrogen (secondary N) is 2. The summed E-state index contributed by atoms with van der Waals surface area (Å²) in [6.45, 7) is 1.04. The summed E-state index contributed by atoms with van der Waals surface area (Å²) in [5, 5.41) is 18.1. The molecule has 0 spiro atoms. The molecule has 26 heavy (non-hydrogen) atoms. The number of hydrogen-bond acceptors (Lipinski definition) is 6. The van der Waals surface area contributed by atoms with Crippen LogP contribution in [0.2, 0.25) is 0 Å². The number of nitrogens with zero attached hydrogens (tertiary/aromatic N) is 1. The van der Waals surface area contributed by atoms with Crippen LogP contribution in [0, 0.1) is 10.1 Å². The molecule has 9 heteroatoms. The molecule has 0 bridgehead atoms. The molecule has 2 aromatic rings. The fourth-order valence-corrected chi connectivity index (χ4v) is 3.26. The molecule has 0 saturated carbocycles. The minimum absolute atomic E-state index is 0.0267. The molecule has 3 rings (SSSR count). The van der Waals surface area contributed by atoms with Gasteiger partial charge in [0.05, 0.1) is 27.2 Å². The molecule has 2 heterocycles. The zero-order chi connectivity index (χ0) is 18.5. The summed E-state index contributed by atoms with van der Waals surface area (Å²) in [5.41, 5.74) is 0.0584. The Hall–Kier alpha value is -2.78. The predicted molar refractivity (Wildman–Crippen MR) is 96.7 cm³/mol. The predicted octanol–water partition coefficient (Wildman–Crippen LogP) is 2.82. The monoisotopic (exact) mass is 375 g/mol. The molecule has 1 aliphatic rings. The number of carbonyl (C=O) groups excluding carboxylic acids is 2. The number of thiophene rings is 1. The average molecular weight is 375 g/mol. The molecule has 2 amide bonds. The molecular weight excluding hydrogens is 358 g/mol. The number of hydrogen-bond donors (Lipinski definition) is 2. The Morgan fingerprint density at radius 3 is 2.81 bits per heavy atom. The van der Waals surface area contributed by atoms with Crippen molar-refractivity contribution in [1.29, 1.82) is 0 Å². The Bertz CT molecular complexity index is 816. The first-order chi connectivity index (χ1) is 12.5. The lowest BCUT2D eigenvalue weighted by atomic mass is 10.1. The second-order valence-corrected chi connectivity index (χ2v) is 6.71. The van der Waals surface area contributed by atoms with Crippen molar-refractivity contribution in [2.45, 2.75) is 18.9 Å². The number of amides is 2. The Kier molecular flexibility index (Phi) is 5.59. The fourth-order valence-electron chi connectivity index (χ4n) is 2.65. The summed E-state index contributed by atoms with van der Waals surface area (Å²) in [6.07, 6.45) is 1.81. The van der Waals surface area contributed by atoms with E-state index >= 15 is 0 Å². The van der Waals surface area contributed by atoms with Crippen LogP contribution in [0.4, 0.5) is 11.4 Å². The van der Waals surface area contributed by atoms with Crippen LogP contribution in [0.5, 0.6) is 0 Å². The number of benzene rings is 1. The number of non-ortho nitro benzene ring substituents is 1. The second kappa shape index (κ2) is 8.07. The molecule has 136 valence electrons. The van der Waals surface area contributed by atoms with Gasteiger partial charge in [-0.3, -0.25) is 19.7 Å². The van der Waals surface area contributed by atoms with Gasteiger partial charge in [-0.1, -0.05) is 6.07 Å². The Morgan fingerprint density at radius 1 is 1.31 bits per heavy atom. The normalized spacial score (nSPS) is 16.2. The highest BCUT2D eigenvalue weighted by Gasteiger charge is 2.21. The fraction of sp³-hybridized carbons (Fsp3) is 0.294. The van der Waals surface area contributed by atoms with E-state index in [1.54, 1.807) is 17.5 Å². The van der Waals surface area contributed by atoms with E-state index in [9.17, 15) is 19.7 Å². The van der Waals surface area contributed by atoms with Gasteiger partial charge in [-0.2, -0.15) is 0 Å². The molecule has 0 unspecified atom stereocenters. The van der Waals surface area contributed by atoms with Crippen LogP contribution >= 0.6 is 11.3 Å². The number of nitro benzene ring substituents is 1. The quantitative estimate of drug-likeness (QED) is 0.596. The summed E-state index contributed by atoms with van der Waals surface area (Å²) in [4.78, 5) is 35.7.